The van der Waals surface area contributed by atoms with E-state index in [1.165, 1.54) is 0 Å². The molecule has 4 heteroatoms. The third-order valence-corrected chi connectivity index (χ3v) is 4.09. The highest BCUT2D eigenvalue weighted by atomic mass is 35.5. The zero-order chi connectivity index (χ0) is 13.0. The van der Waals surface area contributed by atoms with Crippen LogP contribution in [0.15, 0.2) is 30.3 Å². The lowest BCUT2D eigenvalue weighted by atomic mass is 10.2. The molecule has 96 valence electrons. The van der Waals surface area contributed by atoms with Gasteiger partial charge in [-0.15, -0.1) is 0 Å². The molecule has 2 nitrogen and oxygen atoms in total. The van der Waals surface area contributed by atoms with Crippen LogP contribution in [0.5, 0.6) is 0 Å². The molecule has 0 spiro atoms. The first kappa shape index (κ1) is 13.7. The van der Waals surface area contributed by atoms with Gasteiger partial charge in [0.1, 0.15) is 5.15 Å². The number of benzene rings is 1. The van der Waals surface area contributed by atoms with Gasteiger partial charge in [-0.1, -0.05) is 29.8 Å². The zero-order valence-corrected chi connectivity index (χ0v) is 12.0. The number of fused-ring (bicyclic) bond motifs is 1. The first-order chi connectivity index (χ1) is 8.66. The van der Waals surface area contributed by atoms with Crippen LogP contribution in [0.2, 0.25) is 5.15 Å². The molecule has 2 rings (SSSR count). The number of hydrogen-bond donors (Lipinski definition) is 1. The average molecular weight is 281 g/mol. The van der Waals surface area contributed by atoms with Crippen LogP contribution in [-0.2, 0) is 5.75 Å². The molecular weight excluding hydrogens is 264 g/mol. The number of nitrogens with two attached hydrogens (primary N) is 1. The second-order valence-corrected chi connectivity index (χ2v) is 5.91. The van der Waals surface area contributed by atoms with E-state index in [9.17, 15) is 0 Å². The Morgan fingerprint density at radius 2 is 2.17 bits per heavy atom. The molecule has 1 aromatic heterocycles. The summed E-state index contributed by atoms with van der Waals surface area (Å²) in [5, 5.41) is 1.76. The highest BCUT2D eigenvalue weighted by Gasteiger charge is 2.05. The summed E-state index contributed by atoms with van der Waals surface area (Å²) in [6.45, 7) is 2.03. The van der Waals surface area contributed by atoms with E-state index in [2.05, 4.69) is 17.1 Å². The van der Waals surface area contributed by atoms with Crippen molar-refractivity contribution in [2.45, 2.75) is 25.1 Å². The minimum atomic E-state index is 0.266. The third kappa shape index (κ3) is 3.61. The first-order valence-electron chi connectivity index (χ1n) is 6.04. The number of halogens is 1. The number of pyridine rings is 1. The molecule has 1 heterocycles. The van der Waals surface area contributed by atoms with Gasteiger partial charge in [-0.3, -0.25) is 0 Å². The third-order valence-electron chi connectivity index (χ3n) is 2.73. The van der Waals surface area contributed by atoms with Crippen LogP contribution in [-0.4, -0.2) is 16.8 Å². The van der Waals surface area contributed by atoms with Crippen LogP contribution >= 0.6 is 23.4 Å². The SMILES string of the molecule is CC(N)CCSCc1cc2ccccc2nc1Cl. The summed E-state index contributed by atoms with van der Waals surface area (Å²) in [5.74, 6) is 1.95. The lowest BCUT2D eigenvalue weighted by molar-refractivity contribution is 0.721. The molecule has 0 aliphatic rings. The van der Waals surface area contributed by atoms with Gasteiger partial charge in [-0.05, 0) is 31.2 Å². The minimum absolute atomic E-state index is 0.266. The molecule has 2 aromatic rings. The largest absolute Gasteiger partial charge is 0.328 e. The van der Waals surface area contributed by atoms with E-state index in [4.69, 9.17) is 17.3 Å². The maximum atomic E-state index is 6.20. The molecule has 0 saturated carbocycles. The molecule has 0 saturated heterocycles. The summed E-state index contributed by atoms with van der Waals surface area (Å²) < 4.78 is 0. The molecule has 0 aliphatic carbocycles. The van der Waals surface area contributed by atoms with E-state index in [1.807, 2.05) is 36.9 Å². The lowest BCUT2D eigenvalue weighted by Gasteiger charge is -2.07. The Bertz CT molecular complexity index is 528. The zero-order valence-electron chi connectivity index (χ0n) is 10.4. The number of aromatic nitrogens is 1. The summed E-state index contributed by atoms with van der Waals surface area (Å²) in [7, 11) is 0. The van der Waals surface area contributed by atoms with Crippen molar-refractivity contribution < 1.29 is 0 Å². The number of para-hydroxylation sites is 1. The predicted octanol–water partition coefficient (Wildman–Crippen LogP) is 3.86. The van der Waals surface area contributed by atoms with Gasteiger partial charge < -0.3 is 5.73 Å². The van der Waals surface area contributed by atoms with Gasteiger partial charge in [0.25, 0.3) is 0 Å². The topological polar surface area (TPSA) is 38.9 Å². The quantitative estimate of drug-likeness (QED) is 0.668. The molecule has 18 heavy (non-hydrogen) atoms. The lowest BCUT2D eigenvalue weighted by Crippen LogP contribution is -2.15. The Labute approximate surface area is 117 Å². The van der Waals surface area contributed by atoms with Gasteiger partial charge in [-0.2, -0.15) is 11.8 Å². The fourth-order valence-corrected chi connectivity index (χ4v) is 3.10. The molecule has 0 amide bonds. The Morgan fingerprint density at radius 3 is 2.94 bits per heavy atom. The fourth-order valence-electron chi connectivity index (χ4n) is 1.69. The standard InChI is InChI=1S/C14H17ClN2S/c1-10(16)6-7-18-9-12-8-11-4-2-3-5-13(11)17-14(12)15/h2-5,8,10H,6-7,9,16H2,1H3. The van der Waals surface area contributed by atoms with Crippen LogP contribution in [0, 0.1) is 0 Å². The number of rotatable bonds is 5. The average Bonchev–Trinajstić information content (AvgIpc) is 2.34. The monoisotopic (exact) mass is 280 g/mol. The van der Waals surface area contributed by atoms with Crippen LogP contribution in [0.3, 0.4) is 0 Å². The van der Waals surface area contributed by atoms with Gasteiger partial charge in [0.15, 0.2) is 0 Å². The van der Waals surface area contributed by atoms with Gasteiger partial charge in [-0.25, -0.2) is 4.98 Å². The van der Waals surface area contributed by atoms with Crippen molar-refractivity contribution in [3.05, 3.63) is 41.0 Å². The number of nitrogens with zero attached hydrogens (tertiary/aromatic N) is 1. The number of hydrogen-bond acceptors (Lipinski definition) is 3. The molecule has 0 radical (unpaired) electrons. The maximum Gasteiger partial charge on any atom is 0.133 e. The van der Waals surface area contributed by atoms with Crippen molar-refractivity contribution in [2.24, 2.45) is 5.73 Å². The van der Waals surface area contributed by atoms with Crippen LogP contribution in [0.4, 0.5) is 0 Å². The summed E-state index contributed by atoms with van der Waals surface area (Å²) >= 11 is 8.05. The molecule has 0 fully saturated rings. The van der Waals surface area contributed by atoms with E-state index < -0.39 is 0 Å². The second kappa shape index (κ2) is 6.41. The second-order valence-electron chi connectivity index (χ2n) is 4.45. The summed E-state index contributed by atoms with van der Waals surface area (Å²) in [6, 6.07) is 10.4. The summed E-state index contributed by atoms with van der Waals surface area (Å²) in [4.78, 5) is 4.42. The Morgan fingerprint density at radius 1 is 1.39 bits per heavy atom. The Balaban J connectivity index is 2.06. The smallest absolute Gasteiger partial charge is 0.133 e. The van der Waals surface area contributed by atoms with Crippen molar-refractivity contribution in [3.63, 3.8) is 0 Å². The van der Waals surface area contributed by atoms with Crippen molar-refractivity contribution >= 4 is 34.3 Å². The van der Waals surface area contributed by atoms with E-state index in [0.717, 1.165) is 34.4 Å². The highest BCUT2D eigenvalue weighted by molar-refractivity contribution is 7.98. The molecule has 0 bridgehead atoms. The van der Waals surface area contributed by atoms with E-state index in [0.29, 0.717) is 5.15 Å². The van der Waals surface area contributed by atoms with Gasteiger partial charge in [0.05, 0.1) is 5.52 Å². The predicted molar refractivity (Wildman–Crippen MR) is 81.2 cm³/mol. The van der Waals surface area contributed by atoms with Crippen LogP contribution in [0.25, 0.3) is 10.9 Å². The van der Waals surface area contributed by atoms with Crippen molar-refractivity contribution in [2.75, 3.05) is 5.75 Å². The van der Waals surface area contributed by atoms with E-state index in [-0.39, 0.29) is 6.04 Å². The molecule has 2 N–H and O–H groups in total. The normalized spacial score (nSPS) is 12.8. The molecule has 0 aliphatic heterocycles. The van der Waals surface area contributed by atoms with Crippen molar-refractivity contribution in [1.29, 1.82) is 0 Å². The number of thioether (sulfide) groups is 1. The molecule has 1 unspecified atom stereocenters. The Kier molecular flexibility index (Phi) is 4.87. The Hall–Kier alpha value is -0.770. The van der Waals surface area contributed by atoms with Crippen molar-refractivity contribution in [3.8, 4) is 0 Å². The van der Waals surface area contributed by atoms with Gasteiger partial charge >= 0.3 is 0 Å². The summed E-state index contributed by atoms with van der Waals surface area (Å²) in [5.41, 5.74) is 7.78. The first-order valence-corrected chi connectivity index (χ1v) is 7.57. The summed E-state index contributed by atoms with van der Waals surface area (Å²) in [6.07, 6.45) is 1.03. The van der Waals surface area contributed by atoms with Crippen LogP contribution in [0.1, 0.15) is 18.9 Å². The maximum absolute atomic E-state index is 6.20. The fraction of sp³-hybridized carbons (Fsp3) is 0.357. The molecule has 1 aromatic carbocycles. The minimum Gasteiger partial charge on any atom is -0.328 e. The molecule has 1 atom stereocenters. The van der Waals surface area contributed by atoms with Gasteiger partial charge in [0, 0.05) is 22.7 Å². The van der Waals surface area contributed by atoms with Gasteiger partial charge in [0.2, 0.25) is 0 Å². The van der Waals surface area contributed by atoms with Crippen LogP contribution < -0.4 is 5.73 Å². The van der Waals surface area contributed by atoms with Crippen molar-refractivity contribution in [1.82, 2.24) is 4.98 Å². The van der Waals surface area contributed by atoms with E-state index >= 15 is 0 Å². The molecular formula is C14H17ClN2S. The highest BCUT2D eigenvalue weighted by Crippen LogP contribution is 2.24. The van der Waals surface area contributed by atoms with E-state index in [1.54, 1.807) is 0 Å².